The second-order valence-electron chi connectivity index (χ2n) is 5.47. The lowest BCUT2D eigenvalue weighted by molar-refractivity contribution is -0.120. The number of benzene rings is 2. The van der Waals surface area contributed by atoms with Gasteiger partial charge in [0.2, 0.25) is 11.8 Å². The Morgan fingerprint density at radius 2 is 1.65 bits per heavy atom. The molecule has 2 amide bonds. The van der Waals surface area contributed by atoms with Gasteiger partial charge in [0.15, 0.2) is 0 Å². The van der Waals surface area contributed by atoms with Crippen LogP contribution in [0.1, 0.15) is 12.0 Å². The number of hydrogen-bond donors (Lipinski definition) is 3. The number of ether oxygens (including phenoxy) is 1. The molecule has 7 heteroatoms. The first-order valence-corrected chi connectivity index (χ1v) is 8.21. The van der Waals surface area contributed by atoms with Crippen molar-refractivity contribution in [3.05, 3.63) is 60.2 Å². The molecule has 0 aliphatic heterocycles. The first-order valence-electron chi connectivity index (χ1n) is 8.21. The van der Waals surface area contributed by atoms with Crippen molar-refractivity contribution in [2.24, 2.45) is 5.73 Å². The van der Waals surface area contributed by atoms with E-state index in [1.54, 1.807) is 24.3 Å². The standard InChI is InChI=1S/C19H23N3O3.ClH/c20-11-13-25-17-8-6-16(7-9-17)22-18(23)10-12-21-19(24)14-15-4-2-1-3-5-15;/h1-9H,10-14,20H2,(H,21,24)(H,22,23);1H. The largest absolute Gasteiger partial charge is 0.492 e. The average Bonchev–Trinajstić information content (AvgIpc) is 2.62. The van der Waals surface area contributed by atoms with E-state index in [2.05, 4.69) is 10.6 Å². The second-order valence-corrected chi connectivity index (χ2v) is 5.47. The normalized spacial score (nSPS) is 9.73. The van der Waals surface area contributed by atoms with Gasteiger partial charge >= 0.3 is 0 Å². The number of nitrogens with two attached hydrogens (primary N) is 1. The molecule has 0 aliphatic rings. The summed E-state index contributed by atoms with van der Waals surface area (Å²) in [6, 6.07) is 16.5. The molecule has 0 radical (unpaired) electrons. The smallest absolute Gasteiger partial charge is 0.226 e. The van der Waals surface area contributed by atoms with Gasteiger partial charge in [-0.3, -0.25) is 9.59 Å². The van der Waals surface area contributed by atoms with Crippen molar-refractivity contribution in [3.8, 4) is 5.75 Å². The van der Waals surface area contributed by atoms with Crippen molar-refractivity contribution in [3.63, 3.8) is 0 Å². The molecule has 2 rings (SSSR count). The van der Waals surface area contributed by atoms with Crippen LogP contribution < -0.4 is 21.1 Å². The summed E-state index contributed by atoms with van der Waals surface area (Å²) in [5.41, 5.74) is 7.00. The minimum atomic E-state index is -0.157. The van der Waals surface area contributed by atoms with Gasteiger partial charge in [0.05, 0.1) is 6.42 Å². The van der Waals surface area contributed by atoms with E-state index in [4.69, 9.17) is 10.5 Å². The number of hydrogen-bond acceptors (Lipinski definition) is 4. The van der Waals surface area contributed by atoms with E-state index in [0.29, 0.717) is 37.6 Å². The minimum absolute atomic E-state index is 0. The highest BCUT2D eigenvalue weighted by atomic mass is 35.5. The molecule has 0 atom stereocenters. The van der Waals surface area contributed by atoms with E-state index in [1.807, 2.05) is 30.3 Å². The number of nitrogens with one attached hydrogen (secondary N) is 2. The third-order valence-electron chi connectivity index (χ3n) is 3.41. The minimum Gasteiger partial charge on any atom is -0.492 e. The van der Waals surface area contributed by atoms with Crippen LogP contribution >= 0.6 is 12.4 Å². The lowest BCUT2D eigenvalue weighted by Gasteiger charge is -2.08. The maximum atomic E-state index is 11.9. The first-order chi connectivity index (χ1) is 12.2. The van der Waals surface area contributed by atoms with Crippen LogP contribution in [-0.2, 0) is 16.0 Å². The summed E-state index contributed by atoms with van der Waals surface area (Å²) in [7, 11) is 0. The summed E-state index contributed by atoms with van der Waals surface area (Å²) >= 11 is 0. The van der Waals surface area contributed by atoms with Gasteiger partial charge in [0, 0.05) is 25.2 Å². The molecule has 140 valence electrons. The Hall–Kier alpha value is -2.57. The molecule has 4 N–H and O–H groups in total. The zero-order valence-electron chi connectivity index (χ0n) is 14.4. The van der Waals surface area contributed by atoms with Crippen molar-refractivity contribution >= 4 is 29.9 Å². The Balaban J connectivity index is 0.00000338. The highest BCUT2D eigenvalue weighted by Gasteiger charge is 2.06. The molecule has 0 saturated heterocycles. The van der Waals surface area contributed by atoms with Crippen molar-refractivity contribution in [1.29, 1.82) is 0 Å². The Kier molecular flexibility index (Phi) is 9.82. The predicted octanol–water partition coefficient (Wildman–Crippen LogP) is 2.13. The molecule has 2 aromatic rings. The topological polar surface area (TPSA) is 93.4 Å². The third kappa shape index (κ3) is 8.00. The highest BCUT2D eigenvalue weighted by molar-refractivity contribution is 5.91. The quantitative estimate of drug-likeness (QED) is 0.624. The zero-order chi connectivity index (χ0) is 17.9. The van der Waals surface area contributed by atoms with Crippen LogP contribution in [0.4, 0.5) is 5.69 Å². The average molecular weight is 378 g/mol. The monoisotopic (exact) mass is 377 g/mol. The molecule has 0 saturated carbocycles. The van der Waals surface area contributed by atoms with Gasteiger partial charge in [0.1, 0.15) is 12.4 Å². The van der Waals surface area contributed by atoms with Crippen molar-refractivity contribution in [2.45, 2.75) is 12.8 Å². The summed E-state index contributed by atoms with van der Waals surface area (Å²) in [5, 5.41) is 5.53. The number of halogens is 1. The van der Waals surface area contributed by atoms with Gasteiger partial charge in [0.25, 0.3) is 0 Å². The van der Waals surface area contributed by atoms with Crippen LogP contribution in [0.15, 0.2) is 54.6 Å². The molecule has 0 unspecified atom stereocenters. The molecule has 2 aromatic carbocycles. The first kappa shape index (κ1) is 21.5. The van der Waals surface area contributed by atoms with Crippen LogP contribution in [0, 0.1) is 0 Å². The summed E-state index contributed by atoms with van der Waals surface area (Å²) in [6.45, 7) is 1.21. The zero-order valence-corrected chi connectivity index (χ0v) is 15.3. The SMILES string of the molecule is Cl.NCCOc1ccc(NC(=O)CCNC(=O)Cc2ccccc2)cc1. The summed E-state index contributed by atoms with van der Waals surface area (Å²) < 4.78 is 5.37. The third-order valence-corrected chi connectivity index (χ3v) is 3.41. The number of anilines is 1. The Morgan fingerprint density at radius 3 is 2.31 bits per heavy atom. The van der Waals surface area contributed by atoms with Gasteiger partial charge < -0.3 is 21.1 Å². The summed E-state index contributed by atoms with van der Waals surface area (Å²) in [6.07, 6.45) is 0.526. The fourth-order valence-corrected chi connectivity index (χ4v) is 2.19. The van der Waals surface area contributed by atoms with Gasteiger partial charge in [-0.2, -0.15) is 0 Å². The van der Waals surface area contributed by atoms with Gasteiger partial charge in [-0.1, -0.05) is 30.3 Å². The van der Waals surface area contributed by atoms with E-state index >= 15 is 0 Å². The van der Waals surface area contributed by atoms with E-state index < -0.39 is 0 Å². The second kappa shape index (κ2) is 11.9. The Labute approximate surface area is 159 Å². The lowest BCUT2D eigenvalue weighted by Crippen LogP contribution is -2.28. The maximum absolute atomic E-state index is 11.9. The predicted molar refractivity (Wildman–Crippen MR) is 105 cm³/mol. The van der Waals surface area contributed by atoms with E-state index in [0.717, 1.165) is 5.56 Å². The maximum Gasteiger partial charge on any atom is 0.226 e. The molecular formula is C19H24ClN3O3. The Morgan fingerprint density at radius 1 is 0.962 bits per heavy atom. The molecule has 0 fully saturated rings. The molecule has 0 spiro atoms. The van der Waals surface area contributed by atoms with Gasteiger partial charge in [-0.15, -0.1) is 12.4 Å². The van der Waals surface area contributed by atoms with E-state index in [1.165, 1.54) is 0 Å². The van der Waals surface area contributed by atoms with Crippen LogP contribution in [0.5, 0.6) is 5.75 Å². The number of carbonyl (C=O) groups excluding carboxylic acids is 2. The molecule has 6 nitrogen and oxygen atoms in total. The van der Waals surface area contributed by atoms with E-state index in [-0.39, 0.29) is 30.6 Å². The van der Waals surface area contributed by atoms with Gasteiger partial charge in [-0.25, -0.2) is 0 Å². The Bertz CT molecular complexity index is 678. The fraction of sp³-hybridized carbons (Fsp3) is 0.263. The van der Waals surface area contributed by atoms with Crippen LogP contribution in [0.2, 0.25) is 0 Å². The highest BCUT2D eigenvalue weighted by Crippen LogP contribution is 2.15. The molecule has 0 bridgehead atoms. The lowest BCUT2D eigenvalue weighted by atomic mass is 10.1. The van der Waals surface area contributed by atoms with Crippen LogP contribution in [-0.4, -0.2) is 31.5 Å². The van der Waals surface area contributed by atoms with Crippen LogP contribution in [0.25, 0.3) is 0 Å². The number of amides is 2. The molecule has 0 heterocycles. The van der Waals surface area contributed by atoms with Crippen molar-refractivity contribution < 1.29 is 14.3 Å². The number of carbonyl (C=O) groups is 2. The fourth-order valence-electron chi connectivity index (χ4n) is 2.19. The summed E-state index contributed by atoms with van der Waals surface area (Å²) in [5.74, 6) is 0.452. The number of rotatable bonds is 9. The van der Waals surface area contributed by atoms with Crippen molar-refractivity contribution in [2.75, 3.05) is 25.0 Å². The molecule has 0 aromatic heterocycles. The molecule has 26 heavy (non-hydrogen) atoms. The van der Waals surface area contributed by atoms with E-state index in [9.17, 15) is 9.59 Å². The molecular weight excluding hydrogens is 354 g/mol. The van der Waals surface area contributed by atoms with Crippen molar-refractivity contribution in [1.82, 2.24) is 5.32 Å². The van der Waals surface area contributed by atoms with Crippen LogP contribution in [0.3, 0.4) is 0 Å². The van der Waals surface area contributed by atoms with Gasteiger partial charge in [-0.05, 0) is 29.8 Å². The molecule has 0 aliphatic carbocycles. The summed E-state index contributed by atoms with van der Waals surface area (Å²) in [4.78, 5) is 23.7.